The summed E-state index contributed by atoms with van der Waals surface area (Å²) in [5.41, 5.74) is 1.16. The molecule has 7 nitrogen and oxygen atoms in total. The predicted molar refractivity (Wildman–Crippen MR) is 112 cm³/mol. The molecule has 2 aliphatic heterocycles. The van der Waals surface area contributed by atoms with Crippen LogP contribution < -0.4 is 10.6 Å². The van der Waals surface area contributed by atoms with Gasteiger partial charge in [0.05, 0.1) is 0 Å². The molecule has 1 saturated heterocycles. The van der Waals surface area contributed by atoms with E-state index in [1.807, 2.05) is 0 Å². The molecule has 0 radical (unpaired) electrons. The minimum Gasteiger partial charge on any atom is -0.352 e. The number of amidine groups is 1. The SMILES string of the molecule is CCCCNC(=O)c1ccc(NC(=O)C[C@@H]2SC(N3CCCC3)=NC2=O)cc1. The van der Waals surface area contributed by atoms with Crippen LogP contribution >= 0.6 is 11.8 Å². The Hall–Kier alpha value is -2.35. The maximum atomic E-state index is 12.3. The molecule has 0 bridgehead atoms. The van der Waals surface area contributed by atoms with Crippen molar-refractivity contribution in [1.29, 1.82) is 0 Å². The zero-order chi connectivity index (χ0) is 19.9. The summed E-state index contributed by atoms with van der Waals surface area (Å²) >= 11 is 1.38. The van der Waals surface area contributed by atoms with Crippen LogP contribution in [0, 0.1) is 0 Å². The van der Waals surface area contributed by atoms with Crippen molar-refractivity contribution in [3.63, 3.8) is 0 Å². The first-order valence-corrected chi connectivity index (χ1v) is 10.7. The van der Waals surface area contributed by atoms with Gasteiger partial charge in [-0.3, -0.25) is 14.4 Å². The van der Waals surface area contributed by atoms with Crippen molar-refractivity contribution in [2.45, 2.75) is 44.3 Å². The summed E-state index contributed by atoms with van der Waals surface area (Å²) in [6.07, 6.45) is 4.29. The molecule has 0 unspecified atom stereocenters. The molecule has 0 saturated carbocycles. The quantitative estimate of drug-likeness (QED) is 0.684. The van der Waals surface area contributed by atoms with Gasteiger partial charge in [0.1, 0.15) is 5.25 Å². The fraction of sp³-hybridized carbons (Fsp3) is 0.500. The summed E-state index contributed by atoms with van der Waals surface area (Å²) in [6, 6.07) is 6.76. The lowest BCUT2D eigenvalue weighted by Gasteiger charge is -2.16. The van der Waals surface area contributed by atoms with E-state index in [-0.39, 0.29) is 24.1 Å². The summed E-state index contributed by atoms with van der Waals surface area (Å²) in [7, 11) is 0. The van der Waals surface area contributed by atoms with Crippen molar-refractivity contribution in [3.05, 3.63) is 29.8 Å². The zero-order valence-electron chi connectivity index (χ0n) is 16.1. The molecule has 0 aliphatic carbocycles. The lowest BCUT2D eigenvalue weighted by Crippen LogP contribution is -2.25. The van der Waals surface area contributed by atoms with Gasteiger partial charge in [0.2, 0.25) is 5.91 Å². The largest absolute Gasteiger partial charge is 0.352 e. The third-order valence-electron chi connectivity index (χ3n) is 4.72. The van der Waals surface area contributed by atoms with Gasteiger partial charge >= 0.3 is 0 Å². The Balaban J connectivity index is 1.47. The molecule has 3 rings (SSSR count). The number of carbonyl (C=O) groups excluding carboxylic acids is 3. The first-order chi connectivity index (χ1) is 13.6. The third-order valence-corrected chi connectivity index (χ3v) is 5.94. The van der Waals surface area contributed by atoms with Crippen LogP contribution in [-0.4, -0.2) is 52.7 Å². The summed E-state index contributed by atoms with van der Waals surface area (Å²) < 4.78 is 0. The second kappa shape index (κ2) is 9.73. The van der Waals surface area contributed by atoms with Gasteiger partial charge in [-0.2, -0.15) is 4.99 Å². The van der Waals surface area contributed by atoms with E-state index in [0.717, 1.165) is 43.9 Å². The Kier molecular flexibility index (Phi) is 7.08. The first-order valence-electron chi connectivity index (χ1n) is 9.79. The molecule has 2 heterocycles. The van der Waals surface area contributed by atoms with E-state index in [1.165, 1.54) is 11.8 Å². The Labute approximate surface area is 169 Å². The van der Waals surface area contributed by atoms with Gasteiger partial charge in [0.15, 0.2) is 5.17 Å². The van der Waals surface area contributed by atoms with Crippen LogP contribution in [0.1, 0.15) is 49.4 Å². The number of unbranched alkanes of at least 4 members (excludes halogenated alkanes) is 1. The molecular formula is C20H26N4O3S. The average molecular weight is 403 g/mol. The second-order valence-corrected chi connectivity index (χ2v) is 8.14. The van der Waals surface area contributed by atoms with Gasteiger partial charge in [-0.1, -0.05) is 25.1 Å². The van der Waals surface area contributed by atoms with Crippen LogP contribution in [0.15, 0.2) is 29.3 Å². The van der Waals surface area contributed by atoms with Gasteiger partial charge < -0.3 is 15.5 Å². The van der Waals surface area contributed by atoms with Crippen LogP contribution in [0.2, 0.25) is 0 Å². The highest BCUT2D eigenvalue weighted by Crippen LogP contribution is 2.29. The summed E-state index contributed by atoms with van der Waals surface area (Å²) in [5.74, 6) is -0.587. The smallest absolute Gasteiger partial charge is 0.262 e. The van der Waals surface area contributed by atoms with Crippen LogP contribution in [0.25, 0.3) is 0 Å². The van der Waals surface area contributed by atoms with E-state index in [1.54, 1.807) is 24.3 Å². The van der Waals surface area contributed by atoms with E-state index < -0.39 is 5.25 Å². The number of carbonyl (C=O) groups is 3. The number of anilines is 1. The summed E-state index contributed by atoms with van der Waals surface area (Å²) in [4.78, 5) is 42.6. The number of rotatable bonds is 7. The van der Waals surface area contributed by atoms with Gasteiger partial charge in [-0.25, -0.2) is 0 Å². The Morgan fingerprint density at radius 3 is 2.61 bits per heavy atom. The van der Waals surface area contributed by atoms with Crippen molar-refractivity contribution in [3.8, 4) is 0 Å². The molecule has 1 aromatic carbocycles. The zero-order valence-corrected chi connectivity index (χ0v) is 16.9. The van der Waals surface area contributed by atoms with Gasteiger partial charge in [-0.05, 0) is 43.5 Å². The number of hydrogen-bond acceptors (Lipinski definition) is 5. The topological polar surface area (TPSA) is 90.9 Å². The van der Waals surface area contributed by atoms with Crippen molar-refractivity contribution < 1.29 is 14.4 Å². The van der Waals surface area contributed by atoms with E-state index >= 15 is 0 Å². The molecule has 1 aromatic rings. The Bertz CT molecular complexity index is 757. The lowest BCUT2D eigenvalue weighted by molar-refractivity contribution is -0.121. The molecule has 2 aliphatic rings. The lowest BCUT2D eigenvalue weighted by atomic mass is 10.2. The van der Waals surface area contributed by atoms with E-state index in [4.69, 9.17) is 0 Å². The number of thioether (sulfide) groups is 1. The summed E-state index contributed by atoms with van der Waals surface area (Å²) in [5, 5.41) is 5.94. The first kappa shape index (κ1) is 20.4. The van der Waals surface area contributed by atoms with Crippen LogP contribution in [0.3, 0.4) is 0 Å². The fourth-order valence-electron chi connectivity index (χ4n) is 3.12. The van der Waals surface area contributed by atoms with Crippen LogP contribution in [-0.2, 0) is 9.59 Å². The molecule has 28 heavy (non-hydrogen) atoms. The third kappa shape index (κ3) is 5.34. The van der Waals surface area contributed by atoms with E-state index in [2.05, 4.69) is 27.4 Å². The highest BCUT2D eigenvalue weighted by atomic mass is 32.2. The van der Waals surface area contributed by atoms with Crippen molar-refractivity contribution in [2.24, 2.45) is 4.99 Å². The molecule has 1 fully saturated rings. The number of hydrogen-bond donors (Lipinski definition) is 2. The van der Waals surface area contributed by atoms with Crippen LogP contribution in [0.4, 0.5) is 5.69 Å². The van der Waals surface area contributed by atoms with Gasteiger partial charge in [-0.15, -0.1) is 0 Å². The molecule has 150 valence electrons. The average Bonchev–Trinajstić information content (AvgIpc) is 3.33. The molecule has 0 spiro atoms. The van der Waals surface area contributed by atoms with Crippen molar-refractivity contribution in [2.75, 3.05) is 25.0 Å². The maximum Gasteiger partial charge on any atom is 0.262 e. The highest BCUT2D eigenvalue weighted by Gasteiger charge is 2.33. The predicted octanol–water partition coefficient (Wildman–Crippen LogP) is 2.64. The van der Waals surface area contributed by atoms with Crippen molar-refractivity contribution in [1.82, 2.24) is 10.2 Å². The Morgan fingerprint density at radius 2 is 1.93 bits per heavy atom. The van der Waals surface area contributed by atoms with E-state index in [9.17, 15) is 14.4 Å². The van der Waals surface area contributed by atoms with Gasteiger partial charge in [0, 0.05) is 37.3 Å². The number of benzene rings is 1. The molecule has 8 heteroatoms. The van der Waals surface area contributed by atoms with Crippen LogP contribution in [0.5, 0.6) is 0 Å². The van der Waals surface area contributed by atoms with Gasteiger partial charge in [0.25, 0.3) is 11.8 Å². The van der Waals surface area contributed by atoms with E-state index in [0.29, 0.717) is 17.8 Å². The summed E-state index contributed by atoms with van der Waals surface area (Å²) in [6.45, 7) is 4.58. The second-order valence-electron chi connectivity index (χ2n) is 6.97. The maximum absolute atomic E-state index is 12.3. The monoisotopic (exact) mass is 402 g/mol. The standard InChI is InChI=1S/C20H26N4O3S/c1-2-3-10-21-18(26)14-6-8-15(9-7-14)22-17(25)13-16-19(27)23-20(28-16)24-11-4-5-12-24/h6-9,16H,2-5,10-13H2,1H3,(H,21,26)(H,22,25)/t16-/m0/s1. The fourth-order valence-corrected chi connectivity index (χ4v) is 4.24. The number of nitrogens with one attached hydrogen (secondary N) is 2. The molecular weight excluding hydrogens is 376 g/mol. The normalized spacial score (nSPS) is 18.9. The molecule has 1 atom stereocenters. The minimum absolute atomic E-state index is 0.0869. The van der Waals surface area contributed by atoms with Crippen molar-refractivity contribution >= 4 is 40.3 Å². The minimum atomic E-state index is -0.459. The number of amides is 3. The molecule has 2 N–H and O–H groups in total. The number of aliphatic imine (C=N–C) groups is 1. The number of nitrogens with zero attached hydrogens (tertiary/aromatic N) is 2. The molecule has 0 aromatic heterocycles. The number of likely N-dealkylation sites (tertiary alicyclic amines) is 1. The Morgan fingerprint density at radius 1 is 1.21 bits per heavy atom. The highest BCUT2D eigenvalue weighted by molar-refractivity contribution is 8.15. The molecule has 3 amide bonds.